The minimum absolute atomic E-state index is 0.139. The molecule has 9 heteroatoms. The number of carbonyl (C=O) groups is 1. The standard InChI is InChI=1S/C20H20F2N6O/c1-26(16-3-2-5-23-10-16)12-17-8-19(25-28(17)13-29)14-7-18(22)20(24-9-14)27-6-4-15(21)11-27/h2-3,5,7-10,13,15H,4,6,11-12H2,1H3. The topological polar surface area (TPSA) is 67.2 Å². The molecule has 4 heterocycles. The van der Waals surface area contributed by atoms with Crippen molar-refractivity contribution in [3.63, 3.8) is 0 Å². The molecular formula is C20H20F2N6O. The molecular weight excluding hydrogens is 378 g/mol. The fourth-order valence-corrected chi connectivity index (χ4v) is 3.41. The Bertz CT molecular complexity index is 1010. The number of halogens is 2. The van der Waals surface area contributed by atoms with Crippen LogP contribution < -0.4 is 9.80 Å². The van der Waals surface area contributed by atoms with Crippen molar-refractivity contribution in [2.75, 3.05) is 29.9 Å². The fourth-order valence-electron chi connectivity index (χ4n) is 3.41. The summed E-state index contributed by atoms with van der Waals surface area (Å²) in [6.07, 6.45) is 4.93. The minimum atomic E-state index is -0.960. The predicted molar refractivity (Wildman–Crippen MR) is 106 cm³/mol. The van der Waals surface area contributed by atoms with Crippen LogP contribution in [0.2, 0.25) is 0 Å². The van der Waals surface area contributed by atoms with Crippen LogP contribution in [0.3, 0.4) is 0 Å². The first-order chi connectivity index (χ1) is 14.0. The summed E-state index contributed by atoms with van der Waals surface area (Å²) in [5.41, 5.74) is 2.43. The fraction of sp³-hybridized carbons (Fsp3) is 0.300. The van der Waals surface area contributed by atoms with E-state index in [4.69, 9.17) is 0 Å². The van der Waals surface area contributed by atoms with Gasteiger partial charge in [-0.25, -0.2) is 18.4 Å². The Balaban J connectivity index is 1.58. The lowest BCUT2D eigenvalue weighted by Gasteiger charge is -2.18. The molecule has 150 valence electrons. The zero-order valence-electron chi connectivity index (χ0n) is 15.9. The quantitative estimate of drug-likeness (QED) is 0.595. The van der Waals surface area contributed by atoms with Crippen LogP contribution >= 0.6 is 0 Å². The van der Waals surface area contributed by atoms with Crippen LogP contribution in [-0.2, 0) is 11.3 Å². The van der Waals surface area contributed by atoms with Gasteiger partial charge in [-0.1, -0.05) is 0 Å². The molecule has 7 nitrogen and oxygen atoms in total. The molecule has 0 bridgehead atoms. The van der Waals surface area contributed by atoms with Crippen LogP contribution in [0.1, 0.15) is 12.1 Å². The van der Waals surface area contributed by atoms with E-state index >= 15 is 0 Å². The molecule has 4 rings (SSSR count). The van der Waals surface area contributed by atoms with Crippen LogP contribution in [0, 0.1) is 5.82 Å². The average Bonchev–Trinajstić information content (AvgIpc) is 3.34. The zero-order chi connectivity index (χ0) is 20.4. The van der Waals surface area contributed by atoms with E-state index in [0.717, 1.165) is 5.69 Å². The van der Waals surface area contributed by atoms with Crippen molar-refractivity contribution in [3.8, 4) is 11.3 Å². The lowest BCUT2D eigenvalue weighted by atomic mass is 10.2. The second-order valence-electron chi connectivity index (χ2n) is 7.00. The van der Waals surface area contributed by atoms with Crippen molar-refractivity contribution in [3.05, 3.63) is 54.4 Å². The SMILES string of the molecule is CN(Cc1cc(-c2cnc(N3CCC(F)C3)c(F)c2)nn1C=O)c1cccnc1. The number of anilines is 2. The number of hydrogen-bond donors (Lipinski definition) is 0. The first-order valence-corrected chi connectivity index (χ1v) is 9.25. The summed E-state index contributed by atoms with van der Waals surface area (Å²) in [6.45, 7) is 1.000. The van der Waals surface area contributed by atoms with Crippen molar-refractivity contribution in [2.24, 2.45) is 0 Å². The van der Waals surface area contributed by atoms with Gasteiger partial charge in [-0.2, -0.15) is 5.10 Å². The van der Waals surface area contributed by atoms with E-state index in [2.05, 4.69) is 15.1 Å². The van der Waals surface area contributed by atoms with Crippen LogP contribution in [0.15, 0.2) is 42.9 Å². The van der Waals surface area contributed by atoms with Gasteiger partial charge in [0.15, 0.2) is 11.6 Å². The molecule has 0 aliphatic carbocycles. The summed E-state index contributed by atoms with van der Waals surface area (Å²) < 4.78 is 29.2. The summed E-state index contributed by atoms with van der Waals surface area (Å²) in [7, 11) is 1.88. The predicted octanol–water partition coefficient (Wildman–Crippen LogP) is 2.70. The summed E-state index contributed by atoms with van der Waals surface area (Å²) in [4.78, 5) is 23.2. The molecule has 3 aromatic rings. The highest BCUT2D eigenvalue weighted by Crippen LogP contribution is 2.27. The van der Waals surface area contributed by atoms with Gasteiger partial charge in [0.1, 0.15) is 6.17 Å². The number of pyridine rings is 2. The van der Waals surface area contributed by atoms with Gasteiger partial charge in [-0.3, -0.25) is 9.78 Å². The highest BCUT2D eigenvalue weighted by Gasteiger charge is 2.25. The molecule has 0 saturated carbocycles. The molecule has 0 amide bonds. The Morgan fingerprint density at radius 1 is 1.34 bits per heavy atom. The molecule has 1 fully saturated rings. The number of alkyl halides is 1. The van der Waals surface area contributed by atoms with Crippen LogP contribution in [0.5, 0.6) is 0 Å². The lowest BCUT2D eigenvalue weighted by Crippen LogP contribution is -2.22. The first kappa shape index (κ1) is 19.0. The molecule has 3 aromatic heterocycles. The smallest absolute Gasteiger partial charge is 0.234 e. The van der Waals surface area contributed by atoms with Gasteiger partial charge in [0.25, 0.3) is 0 Å². The Kier molecular flexibility index (Phi) is 5.20. The number of nitrogens with zero attached hydrogens (tertiary/aromatic N) is 6. The van der Waals surface area contributed by atoms with Crippen LogP contribution in [0.4, 0.5) is 20.3 Å². The van der Waals surface area contributed by atoms with E-state index < -0.39 is 12.0 Å². The van der Waals surface area contributed by atoms with E-state index in [0.29, 0.717) is 42.9 Å². The van der Waals surface area contributed by atoms with E-state index in [1.807, 2.05) is 24.1 Å². The first-order valence-electron chi connectivity index (χ1n) is 9.25. The van der Waals surface area contributed by atoms with E-state index in [9.17, 15) is 13.6 Å². The van der Waals surface area contributed by atoms with Gasteiger partial charge >= 0.3 is 0 Å². The van der Waals surface area contributed by atoms with Gasteiger partial charge in [-0.05, 0) is 30.7 Å². The number of rotatable bonds is 6. The molecule has 0 aromatic carbocycles. The third kappa shape index (κ3) is 3.94. The summed E-state index contributed by atoms with van der Waals surface area (Å²) in [5.74, 6) is -0.397. The Hall–Kier alpha value is -3.36. The summed E-state index contributed by atoms with van der Waals surface area (Å²) >= 11 is 0. The van der Waals surface area contributed by atoms with Crippen molar-refractivity contribution in [1.29, 1.82) is 0 Å². The second-order valence-corrected chi connectivity index (χ2v) is 7.00. The normalized spacial score (nSPS) is 16.2. The summed E-state index contributed by atoms with van der Waals surface area (Å²) in [5, 5.41) is 4.25. The molecule has 0 radical (unpaired) electrons. The second kappa shape index (κ2) is 7.94. The minimum Gasteiger partial charge on any atom is -0.367 e. The van der Waals surface area contributed by atoms with E-state index in [1.54, 1.807) is 23.4 Å². The van der Waals surface area contributed by atoms with Crippen molar-refractivity contribution >= 4 is 17.9 Å². The largest absolute Gasteiger partial charge is 0.367 e. The number of aromatic nitrogens is 4. The van der Waals surface area contributed by atoms with Gasteiger partial charge in [0.05, 0.1) is 36.4 Å². The van der Waals surface area contributed by atoms with Crippen LogP contribution in [0.25, 0.3) is 11.3 Å². The van der Waals surface area contributed by atoms with Crippen molar-refractivity contribution in [2.45, 2.75) is 19.1 Å². The average molecular weight is 398 g/mol. The number of hydrogen-bond acceptors (Lipinski definition) is 6. The maximum Gasteiger partial charge on any atom is 0.234 e. The van der Waals surface area contributed by atoms with Crippen molar-refractivity contribution in [1.82, 2.24) is 19.7 Å². The maximum absolute atomic E-state index is 14.6. The molecule has 29 heavy (non-hydrogen) atoms. The van der Waals surface area contributed by atoms with Gasteiger partial charge in [0.2, 0.25) is 6.41 Å². The zero-order valence-corrected chi connectivity index (χ0v) is 15.9. The maximum atomic E-state index is 14.6. The lowest BCUT2D eigenvalue weighted by molar-refractivity contribution is 0.364. The van der Waals surface area contributed by atoms with Gasteiger partial charge < -0.3 is 9.80 Å². The van der Waals surface area contributed by atoms with Gasteiger partial charge in [-0.15, -0.1) is 0 Å². The third-order valence-corrected chi connectivity index (χ3v) is 4.95. The molecule has 1 aliphatic rings. The molecule has 1 saturated heterocycles. The molecule has 1 unspecified atom stereocenters. The van der Waals surface area contributed by atoms with E-state index in [-0.39, 0.29) is 12.4 Å². The van der Waals surface area contributed by atoms with Crippen molar-refractivity contribution < 1.29 is 13.6 Å². The summed E-state index contributed by atoms with van der Waals surface area (Å²) in [6, 6.07) is 6.79. The highest BCUT2D eigenvalue weighted by molar-refractivity contribution is 5.64. The Labute approximate surface area is 166 Å². The monoisotopic (exact) mass is 398 g/mol. The number of carbonyl (C=O) groups excluding carboxylic acids is 1. The van der Waals surface area contributed by atoms with Gasteiger partial charge in [0, 0.05) is 31.5 Å². The highest BCUT2D eigenvalue weighted by atomic mass is 19.1. The molecule has 1 aliphatic heterocycles. The van der Waals surface area contributed by atoms with Crippen LogP contribution in [-0.4, -0.2) is 52.5 Å². The Morgan fingerprint density at radius 3 is 2.86 bits per heavy atom. The molecule has 0 N–H and O–H groups in total. The Morgan fingerprint density at radius 2 is 2.21 bits per heavy atom. The molecule has 1 atom stereocenters. The molecule has 0 spiro atoms. The van der Waals surface area contributed by atoms with E-state index in [1.165, 1.54) is 16.9 Å². The third-order valence-electron chi connectivity index (χ3n) is 4.95.